The van der Waals surface area contributed by atoms with Gasteiger partial charge >= 0.3 is 0 Å². The number of halogens is 1. The van der Waals surface area contributed by atoms with Crippen LogP contribution in [0.3, 0.4) is 0 Å². The van der Waals surface area contributed by atoms with E-state index in [1.807, 2.05) is 42.1 Å². The molecular weight excluding hydrogens is 314 g/mol. The summed E-state index contributed by atoms with van der Waals surface area (Å²) >= 11 is 5.86. The number of rotatable bonds is 4. The first-order valence-corrected chi connectivity index (χ1v) is 7.27. The third-order valence-electron chi connectivity index (χ3n) is 3.31. The Balaban J connectivity index is 1.68. The van der Waals surface area contributed by atoms with Gasteiger partial charge in [0.05, 0.1) is 17.6 Å². The minimum atomic E-state index is -0.358. The fourth-order valence-electron chi connectivity index (χ4n) is 2.03. The molecule has 116 valence electrons. The van der Waals surface area contributed by atoms with E-state index in [9.17, 15) is 4.79 Å². The standard InChI is InChI=1S/C16H14ClN5O/c1-22-8-2-3-13(22)10-18-21-16(23)15-9-14(19-20-15)11-4-6-12(17)7-5-11/h2-10H,1H3,(H,19,20)(H,21,23)/b18-10+. The number of hydrogen-bond acceptors (Lipinski definition) is 3. The van der Waals surface area contributed by atoms with Gasteiger partial charge in [0.2, 0.25) is 0 Å². The Morgan fingerprint density at radius 1 is 1.35 bits per heavy atom. The molecule has 3 aromatic rings. The van der Waals surface area contributed by atoms with Gasteiger partial charge in [-0.1, -0.05) is 23.7 Å². The third kappa shape index (κ3) is 3.49. The zero-order chi connectivity index (χ0) is 16.2. The van der Waals surface area contributed by atoms with Crippen molar-refractivity contribution in [2.75, 3.05) is 0 Å². The Bertz CT molecular complexity index is 847. The molecule has 0 aliphatic carbocycles. The van der Waals surface area contributed by atoms with Crippen molar-refractivity contribution >= 4 is 23.7 Å². The molecule has 0 fully saturated rings. The summed E-state index contributed by atoms with van der Waals surface area (Å²) in [5, 5.41) is 11.4. The lowest BCUT2D eigenvalue weighted by atomic mass is 10.1. The summed E-state index contributed by atoms with van der Waals surface area (Å²) in [6, 6.07) is 12.7. The molecule has 0 radical (unpaired) electrons. The maximum Gasteiger partial charge on any atom is 0.289 e. The maximum absolute atomic E-state index is 12.0. The van der Waals surface area contributed by atoms with Gasteiger partial charge in [-0.2, -0.15) is 10.2 Å². The molecule has 0 bridgehead atoms. The highest BCUT2D eigenvalue weighted by Crippen LogP contribution is 2.20. The van der Waals surface area contributed by atoms with E-state index in [1.165, 1.54) is 0 Å². The first-order chi connectivity index (χ1) is 11.1. The number of carbonyl (C=O) groups excluding carboxylic acids is 1. The quantitative estimate of drug-likeness (QED) is 0.571. The first-order valence-electron chi connectivity index (χ1n) is 6.89. The summed E-state index contributed by atoms with van der Waals surface area (Å²) in [6.07, 6.45) is 3.48. The van der Waals surface area contributed by atoms with Crippen molar-refractivity contribution < 1.29 is 4.79 Å². The number of amides is 1. The molecule has 0 aliphatic rings. The molecule has 1 amide bonds. The molecule has 1 aromatic carbocycles. The largest absolute Gasteiger partial charge is 0.350 e. The van der Waals surface area contributed by atoms with Crippen LogP contribution in [-0.4, -0.2) is 26.9 Å². The fraction of sp³-hybridized carbons (Fsp3) is 0.0625. The minimum Gasteiger partial charge on any atom is -0.350 e. The SMILES string of the molecule is Cn1cccc1/C=N/NC(=O)c1cc(-c2ccc(Cl)cc2)n[nH]1. The van der Waals surface area contributed by atoms with Gasteiger partial charge in [0, 0.05) is 23.8 Å². The van der Waals surface area contributed by atoms with E-state index in [-0.39, 0.29) is 5.91 Å². The van der Waals surface area contributed by atoms with Gasteiger partial charge < -0.3 is 4.57 Å². The number of aromatic amines is 1. The van der Waals surface area contributed by atoms with E-state index < -0.39 is 0 Å². The highest BCUT2D eigenvalue weighted by molar-refractivity contribution is 6.30. The van der Waals surface area contributed by atoms with Gasteiger partial charge in [0.1, 0.15) is 5.69 Å². The Morgan fingerprint density at radius 3 is 2.83 bits per heavy atom. The molecule has 2 aromatic heterocycles. The van der Waals surface area contributed by atoms with Crippen LogP contribution >= 0.6 is 11.6 Å². The van der Waals surface area contributed by atoms with E-state index in [2.05, 4.69) is 20.7 Å². The molecule has 0 saturated carbocycles. The van der Waals surface area contributed by atoms with E-state index in [1.54, 1.807) is 24.4 Å². The lowest BCUT2D eigenvalue weighted by Gasteiger charge is -1.97. The lowest BCUT2D eigenvalue weighted by molar-refractivity contribution is 0.0950. The summed E-state index contributed by atoms with van der Waals surface area (Å²) in [4.78, 5) is 12.0. The molecule has 6 nitrogen and oxygen atoms in total. The minimum absolute atomic E-state index is 0.332. The Morgan fingerprint density at radius 2 is 2.13 bits per heavy atom. The average Bonchev–Trinajstić information content (AvgIpc) is 3.18. The van der Waals surface area contributed by atoms with Crippen molar-refractivity contribution in [3.63, 3.8) is 0 Å². The number of hydrogen-bond donors (Lipinski definition) is 2. The highest BCUT2D eigenvalue weighted by Gasteiger charge is 2.10. The number of nitrogens with zero attached hydrogens (tertiary/aromatic N) is 3. The molecule has 3 rings (SSSR count). The summed E-state index contributed by atoms with van der Waals surface area (Å²) in [5.41, 5.74) is 5.22. The van der Waals surface area contributed by atoms with Crippen LogP contribution in [-0.2, 0) is 7.05 Å². The normalized spacial score (nSPS) is 11.0. The smallest absolute Gasteiger partial charge is 0.289 e. The molecule has 0 saturated heterocycles. The average molecular weight is 328 g/mol. The van der Waals surface area contributed by atoms with Crippen LogP contribution in [0.5, 0.6) is 0 Å². The number of nitrogens with one attached hydrogen (secondary N) is 2. The van der Waals surface area contributed by atoms with E-state index >= 15 is 0 Å². The Hall–Kier alpha value is -2.86. The monoisotopic (exact) mass is 327 g/mol. The maximum atomic E-state index is 12.0. The van der Waals surface area contributed by atoms with Gasteiger partial charge in [-0.15, -0.1) is 0 Å². The first kappa shape index (κ1) is 15.1. The zero-order valence-electron chi connectivity index (χ0n) is 12.3. The van der Waals surface area contributed by atoms with Gasteiger partial charge in [-0.05, 0) is 30.3 Å². The van der Waals surface area contributed by atoms with E-state index in [0.717, 1.165) is 11.3 Å². The second-order valence-corrected chi connectivity index (χ2v) is 5.35. The van der Waals surface area contributed by atoms with Crippen molar-refractivity contribution in [3.8, 4) is 11.3 Å². The number of H-pyrrole nitrogens is 1. The van der Waals surface area contributed by atoms with Crippen LogP contribution in [0.15, 0.2) is 53.8 Å². The topological polar surface area (TPSA) is 75.1 Å². The fourth-order valence-corrected chi connectivity index (χ4v) is 2.16. The highest BCUT2D eigenvalue weighted by atomic mass is 35.5. The molecule has 7 heteroatoms. The second kappa shape index (κ2) is 6.50. The van der Waals surface area contributed by atoms with Crippen LogP contribution in [0.25, 0.3) is 11.3 Å². The van der Waals surface area contributed by atoms with Crippen LogP contribution in [0.2, 0.25) is 5.02 Å². The molecule has 0 unspecified atom stereocenters. The van der Waals surface area contributed by atoms with Gasteiger partial charge in [-0.25, -0.2) is 5.43 Å². The molecular formula is C16H14ClN5O. The van der Waals surface area contributed by atoms with Crippen molar-refractivity contribution in [2.45, 2.75) is 0 Å². The van der Waals surface area contributed by atoms with Gasteiger partial charge in [-0.3, -0.25) is 9.89 Å². The number of aromatic nitrogens is 3. The Labute approximate surface area is 137 Å². The number of aryl methyl sites for hydroxylation is 1. The third-order valence-corrected chi connectivity index (χ3v) is 3.56. The number of carbonyl (C=O) groups is 1. The number of benzene rings is 1. The molecule has 23 heavy (non-hydrogen) atoms. The molecule has 0 spiro atoms. The van der Waals surface area contributed by atoms with Gasteiger partial charge in [0.25, 0.3) is 5.91 Å². The molecule has 2 N–H and O–H groups in total. The Kier molecular flexibility index (Phi) is 4.25. The molecule has 2 heterocycles. The van der Waals surface area contributed by atoms with Crippen LogP contribution in [0.1, 0.15) is 16.2 Å². The van der Waals surface area contributed by atoms with Crippen LogP contribution in [0.4, 0.5) is 0 Å². The number of hydrazone groups is 1. The van der Waals surface area contributed by atoms with E-state index in [4.69, 9.17) is 11.6 Å². The van der Waals surface area contributed by atoms with Crippen molar-refractivity contribution in [2.24, 2.45) is 12.1 Å². The van der Waals surface area contributed by atoms with Crippen molar-refractivity contribution in [1.29, 1.82) is 0 Å². The predicted molar refractivity (Wildman–Crippen MR) is 89.5 cm³/mol. The van der Waals surface area contributed by atoms with Crippen molar-refractivity contribution in [3.05, 3.63) is 65.1 Å². The predicted octanol–water partition coefficient (Wildman–Crippen LogP) is 2.83. The summed E-state index contributed by atoms with van der Waals surface area (Å²) in [5.74, 6) is -0.358. The summed E-state index contributed by atoms with van der Waals surface area (Å²) in [7, 11) is 1.90. The van der Waals surface area contributed by atoms with Crippen molar-refractivity contribution in [1.82, 2.24) is 20.2 Å². The molecule has 0 atom stereocenters. The summed E-state index contributed by atoms with van der Waals surface area (Å²) < 4.78 is 1.89. The molecule has 0 aliphatic heterocycles. The van der Waals surface area contributed by atoms with Crippen LogP contribution < -0.4 is 5.43 Å². The second-order valence-electron chi connectivity index (χ2n) is 4.92. The zero-order valence-corrected chi connectivity index (χ0v) is 13.1. The lowest BCUT2D eigenvalue weighted by Crippen LogP contribution is -2.18. The van der Waals surface area contributed by atoms with Gasteiger partial charge in [0.15, 0.2) is 0 Å². The van der Waals surface area contributed by atoms with Crippen LogP contribution in [0, 0.1) is 0 Å². The summed E-state index contributed by atoms with van der Waals surface area (Å²) in [6.45, 7) is 0. The van der Waals surface area contributed by atoms with E-state index in [0.29, 0.717) is 16.4 Å².